The van der Waals surface area contributed by atoms with E-state index >= 15 is 0 Å². The molecule has 2 aliphatic heterocycles. The van der Waals surface area contributed by atoms with Crippen molar-refractivity contribution in [2.75, 3.05) is 24.5 Å². The van der Waals surface area contributed by atoms with Crippen LogP contribution >= 0.6 is 23.2 Å². The maximum Gasteiger partial charge on any atom is 0.292 e. The first-order valence-corrected chi connectivity index (χ1v) is 10.3. The Kier molecular flexibility index (Phi) is 5.44. The van der Waals surface area contributed by atoms with Gasteiger partial charge in [-0.2, -0.15) is 9.78 Å². The molecule has 1 unspecified atom stereocenters. The molecular weight excluding hydrogens is 383 g/mol. The first kappa shape index (κ1) is 18.8. The number of nitrogens with zero attached hydrogens (tertiary/aromatic N) is 4. The normalized spacial score (nSPS) is 21.7. The third kappa shape index (κ3) is 3.73. The maximum atomic E-state index is 12.7. The quantitative estimate of drug-likeness (QED) is 0.772. The van der Waals surface area contributed by atoms with E-state index in [4.69, 9.17) is 23.2 Å². The highest BCUT2D eigenvalue weighted by Crippen LogP contribution is 2.29. The average molecular weight is 407 g/mol. The number of anilines is 1. The highest BCUT2D eigenvalue weighted by atomic mass is 35.5. The molecule has 0 aliphatic carbocycles. The summed E-state index contributed by atoms with van der Waals surface area (Å²) >= 11 is 12.4. The van der Waals surface area contributed by atoms with Crippen molar-refractivity contribution in [3.05, 3.63) is 50.9 Å². The summed E-state index contributed by atoms with van der Waals surface area (Å²) in [4.78, 5) is 17.6. The lowest BCUT2D eigenvalue weighted by atomic mass is 10.0. The first-order chi connectivity index (χ1) is 13.0. The van der Waals surface area contributed by atoms with Crippen LogP contribution in [0.25, 0.3) is 5.69 Å². The second-order valence-corrected chi connectivity index (χ2v) is 8.30. The Balaban J connectivity index is 1.51. The second-order valence-electron chi connectivity index (χ2n) is 7.48. The molecule has 1 aromatic heterocycles. The lowest BCUT2D eigenvalue weighted by Crippen LogP contribution is -2.46. The molecule has 0 bridgehead atoms. The van der Waals surface area contributed by atoms with Crippen molar-refractivity contribution < 1.29 is 0 Å². The molecule has 2 fully saturated rings. The molecule has 0 saturated carbocycles. The second kappa shape index (κ2) is 7.82. The molecule has 0 spiro atoms. The highest BCUT2D eigenvalue weighted by Gasteiger charge is 2.31. The van der Waals surface area contributed by atoms with E-state index in [1.165, 1.54) is 24.1 Å². The number of hydrogen-bond donors (Lipinski definition) is 0. The Hall–Kier alpha value is -1.56. The lowest BCUT2D eigenvalue weighted by Gasteiger charge is -2.39. The van der Waals surface area contributed by atoms with Gasteiger partial charge in [0.05, 0.1) is 17.6 Å². The van der Waals surface area contributed by atoms with E-state index < -0.39 is 0 Å². The zero-order valence-electron chi connectivity index (χ0n) is 15.4. The number of rotatable bonds is 3. The van der Waals surface area contributed by atoms with E-state index in [0.29, 0.717) is 22.8 Å². The van der Waals surface area contributed by atoms with Gasteiger partial charge in [-0.05, 0) is 63.4 Å². The average Bonchev–Trinajstić information content (AvgIpc) is 3.11. The van der Waals surface area contributed by atoms with Crippen LogP contribution in [0.5, 0.6) is 0 Å². The van der Waals surface area contributed by atoms with Gasteiger partial charge in [-0.1, -0.05) is 23.2 Å². The SMILES string of the molecule is CC1CCCN1C1CCN(c2cnn(-c3ccc(Cl)cc3)c(=O)c2Cl)CC1. The molecular formula is C20H24Cl2N4O. The zero-order chi connectivity index (χ0) is 19.0. The van der Waals surface area contributed by atoms with Crippen molar-refractivity contribution >= 4 is 28.9 Å². The Morgan fingerprint density at radius 3 is 2.37 bits per heavy atom. The van der Waals surface area contributed by atoms with Crippen LogP contribution in [-0.4, -0.2) is 46.4 Å². The zero-order valence-corrected chi connectivity index (χ0v) is 17.0. The third-order valence-corrected chi connectivity index (χ3v) is 6.46. The minimum Gasteiger partial charge on any atom is -0.369 e. The molecule has 0 radical (unpaired) electrons. The number of benzene rings is 1. The van der Waals surface area contributed by atoms with Crippen molar-refractivity contribution in [2.45, 2.75) is 44.7 Å². The van der Waals surface area contributed by atoms with Gasteiger partial charge in [-0.15, -0.1) is 0 Å². The topological polar surface area (TPSA) is 41.4 Å². The summed E-state index contributed by atoms with van der Waals surface area (Å²) in [7, 11) is 0. The number of aromatic nitrogens is 2. The summed E-state index contributed by atoms with van der Waals surface area (Å²) in [6, 6.07) is 8.31. The summed E-state index contributed by atoms with van der Waals surface area (Å²) in [5.41, 5.74) is 1.09. The predicted molar refractivity (Wildman–Crippen MR) is 110 cm³/mol. The van der Waals surface area contributed by atoms with Gasteiger partial charge in [-0.25, -0.2) is 0 Å². The maximum absolute atomic E-state index is 12.7. The van der Waals surface area contributed by atoms with Gasteiger partial charge in [0.25, 0.3) is 5.56 Å². The van der Waals surface area contributed by atoms with E-state index in [-0.39, 0.29) is 10.6 Å². The molecule has 5 nitrogen and oxygen atoms in total. The minimum atomic E-state index is -0.299. The van der Waals surface area contributed by atoms with E-state index in [2.05, 4.69) is 21.8 Å². The summed E-state index contributed by atoms with van der Waals surface area (Å²) in [5, 5.41) is 5.19. The van der Waals surface area contributed by atoms with Crippen molar-refractivity contribution in [2.24, 2.45) is 0 Å². The van der Waals surface area contributed by atoms with Crippen LogP contribution in [0, 0.1) is 0 Å². The van der Waals surface area contributed by atoms with Crippen LogP contribution in [0.15, 0.2) is 35.3 Å². The van der Waals surface area contributed by atoms with E-state index in [1.54, 1.807) is 30.5 Å². The summed E-state index contributed by atoms with van der Waals surface area (Å²) in [6.07, 6.45) is 6.51. The Labute approximate surface area is 169 Å². The fourth-order valence-electron chi connectivity index (χ4n) is 4.35. The van der Waals surface area contributed by atoms with Crippen LogP contribution in [-0.2, 0) is 0 Å². The number of piperidine rings is 1. The number of likely N-dealkylation sites (tertiary alicyclic amines) is 1. The molecule has 2 saturated heterocycles. The molecule has 144 valence electrons. The Morgan fingerprint density at radius 2 is 1.74 bits per heavy atom. The number of halogens is 2. The highest BCUT2D eigenvalue weighted by molar-refractivity contribution is 6.33. The Bertz CT molecular complexity index is 859. The summed E-state index contributed by atoms with van der Waals surface area (Å²) in [6.45, 7) is 5.35. The van der Waals surface area contributed by atoms with Crippen molar-refractivity contribution in [3.63, 3.8) is 0 Å². The first-order valence-electron chi connectivity index (χ1n) is 9.59. The van der Waals surface area contributed by atoms with Crippen molar-refractivity contribution in [3.8, 4) is 5.69 Å². The minimum absolute atomic E-state index is 0.230. The smallest absolute Gasteiger partial charge is 0.292 e. The Morgan fingerprint density at radius 1 is 1.04 bits per heavy atom. The van der Waals surface area contributed by atoms with Crippen molar-refractivity contribution in [1.82, 2.24) is 14.7 Å². The molecule has 1 aromatic carbocycles. The van der Waals surface area contributed by atoms with Crippen LogP contribution in [0.1, 0.15) is 32.6 Å². The fraction of sp³-hybridized carbons (Fsp3) is 0.500. The van der Waals surface area contributed by atoms with Crippen LogP contribution in [0.2, 0.25) is 10.0 Å². The van der Waals surface area contributed by atoms with Gasteiger partial charge < -0.3 is 4.90 Å². The summed E-state index contributed by atoms with van der Waals surface area (Å²) < 4.78 is 1.32. The largest absolute Gasteiger partial charge is 0.369 e. The van der Waals surface area contributed by atoms with E-state index in [0.717, 1.165) is 31.6 Å². The molecule has 1 atom stereocenters. The van der Waals surface area contributed by atoms with Crippen LogP contribution in [0.3, 0.4) is 0 Å². The molecule has 2 aliphatic rings. The van der Waals surface area contributed by atoms with Gasteiger partial charge in [0.15, 0.2) is 0 Å². The molecule has 0 amide bonds. The molecule has 7 heteroatoms. The molecule has 2 aromatic rings. The van der Waals surface area contributed by atoms with Gasteiger partial charge >= 0.3 is 0 Å². The van der Waals surface area contributed by atoms with Gasteiger partial charge in [0, 0.05) is 30.2 Å². The fourth-order valence-corrected chi connectivity index (χ4v) is 4.72. The van der Waals surface area contributed by atoms with Gasteiger partial charge in [-0.3, -0.25) is 9.69 Å². The lowest BCUT2D eigenvalue weighted by molar-refractivity contribution is 0.163. The molecule has 0 N–H and O–H groups in total. The number of hydrogen-bond acceptors (Lipinski definition) is 4. The van der Waals surface area contributed by atoms with E-state index in [1.807, 2.05) is 0 Å². The van der Waals surface area contributed by atoms with Crippen LogP contribution < -0.4 is 10.5 Å². The summed E-state index contributed by atoms with van der Waals surface area (Å²) in [5.74, 6) is 0. The molecule has 27 heavy (non-hydrogen) atoms. The van der Waals surface area contributed by atoms with Crippen molar-refractivity contribution in [1.29, 1.82) is 0 Å². The third-order valence-electron chi connectivity index (χ3n) is 5.85. The van der Waals surface area contributed by atoms with Gasteiger partial charge in [0.2, 0.25) is 0 Å². The van der Waals surface area contributed by atoms with Crippen LogP contribution in [0.4, 0.5) is 5.69 Å². The molecule has 3 heterocycles. The monoisotopic (exact) mass is 406 g/mol. The molecule has 4 rings (SSSR count). The standard InChI is InChI=1S/C20H24Cl2N4O/c1-14-3-2-10-25(14)16-8-11-24(12-9-16)18-13-23-26(20(27)19(18)22)17-6-4-15(21)5-7-17/h4-7,13-14,16H,2-3,8-12H2,1H3. The van der Waals surface area contributed by atoms with E-state index in [9.17, 15) is 4.79 Å². The van der Waals surface area contributed by atoms with Gasteiger partial charge in [0.1, 0.15) is 5.02 Å². The predicted octanol–water partition coefficient (Wildman–Crippen LogP) is 3.99.